The molecular weight excluding hydrogens is 328 g/mol. The van der Waals surface area contributed by atoms with E-state index in [4.69, 9.17) is 23.2 Å². The smallest absolute Gasteiger partial charge is 0.321 e. The number of hydrogen-bond donors (Lipinski definition) is 1. The third-order valence-corrected chi connectivity index (χ3v) is 2.89. The summed E-state index contributed by atoms with van der Waals surface area (Å²) < 4.78 is 38.5. The second kappa shape index (κ2) is 5.91. The summed E-state index contributed by atoms with van der Waals surface area (Å²) in [6.07, 6.45) is -4.57. The molecule has 1 aromatic heterocycles. The molecule has 110 valence electrons. The monoisotopic (exact) mass is 334 g/mol. The van der Waals surface area contributed by atoms with Crippen molar-refractivity contribution in [2.24, 2.45) is 0 Å². The largest absolute Gasteiger partial charge is 0.418 e. The maximum absolute atomic E-state index is 12.8. The Morgan fingerprint density at radius 1 is 1.10 bits per heavy atom. The number of alkyl halides is 3. The lowest BCUT2D eigenvalue weighted by Crippen LogP contribution is -2.16. The number of carbonyl (C=O) groups is 1. The van der Waals surface area contributed by atoms with Gasteiger partial charge in [0.1, 0.15) is 10.3 Å². The minimum atomic E-state index is -4.57. The van der Waals surface area contributed by atoms with E-state index in [9.17, 15) is 18.0 Å². The lowest BCUT2D eigenvalue weighted by molar-refractivity contribution is -0.136. The van der Waals surface area contributed by atoms with Crippen LogP contribution in [0.2, 0.25) is 10.3 Å². The lowest BCUT2D eigenvalue weighted by atomic mass is 10.1. The SMILES string of the molecule is O=C(Nc1ccccc1C(F)(F)F)c1cc(Cl)nc(Cl)c1. The zero-order valence-electron chi connectivity index (χ0n) is 10.2. The number of rotatable bonds is 2. The summed E-state index contributed by atoms with van der Waals surface area (Å²) in [5, 5.41) is 2.12. The van der Waals surface area contributed by atoms with E-state index in [0.717, 1.165) is 12.1 Å². The molecule has 0 atom stereocenters. The first-order valence-electron chi connectivity index (χ1n) is 5.58. The molecule has 0 spiro atoms. The van der Waals surface area contributed by atoms with Gasteiger partial charge in [0.15, 0.2) is 0 Å². The Balaban J connectivity index is 2.32. The number of amides is 1. The summed E-state index contributed by atoms with van der Waals surface area (Å²) in [7, 11) is 0. The third kappa shape index (κ3) is 3.86. The Morgan fingerprint density at radius 3 is 2.24 bits per heavy atom. The van der Waals surface area contributed by atoms with Gasteiger partial charge < -0.3 is 5.32 Å². The first-order valence-corrected chi connectivity index (χ1v) is 6.33. The van der Waals surface area contributed by atoms with Crippen LogP contribution >= 0.6 is 23.2 Å². The average Bonchev–Trinajstić information content (AvgIpc) is 2.37. The summed E-state index contributed by atoms with van der Waals surface area (Å²) in [6, 6.07) is 7.07. The molecule has 2 aromatic rings. The molecule has 3 nitrogen and oxygen atoms in total. The van der Waals surface area contributed by atoms with Crippen LogP contribution in [0.15, 0.2) is 36.4 Å². The molecule has 0 saturated carbocycles. The van der Waals surface area contributed by atoms with Crippen LogP contribution in [0.25, 0.3) is 0 Å². The molecule has 1 aromatic carbocycles. The molecule has 8 heteroatoms. The van der Waals surface area contributed by atoms with E-state index in [0.29, 0.717) is 0 Å². The molecule has 0 aliphatic heterocycles. The van der Waals surface area contributed by atoms with Gasteiger partial charge >= 0.3 is 6.18 Å². The molecule has 0 unspecified atom stereocenters. The highest BCUT2D eigenvalue weighted by molar-refractivity contribution is 6.33. The van der Waals surface area contributed by atoms with Crippen molar-refractivity contribution in [3.05, 3.63) is 57.8 Å². The Hall–Kier alpha value is -1.79. The lowest BCUT2D eigenvalue weighted by Gasteiger charge is -2.13. The highest BCUT2D eigenvalue weighted by atomic mass is 35.5. The van der Waals surface area contributed by atoms with Crippen molar-refractivity contribution in [2.45, 2.75) is 6.18 Å². The summed E-state index contributed by atoms with van der Waals surface area (Å²) in [5.74, 6) is -0.766. The van der Waals surface area contributed by atoms with Gasteiger partial charge in [0.25, 0.3) is 5.91 Å². The van der Waals surface area contributed by atoms with Crippen molar-refractivity contribution in [1.82, 2.24) is 4.98 Å². The van der Waals surface area contributed by atoms with Crippen LogP contribution in [-0.2, 0) is 6.18 Å². The van der Waals surface area contributed by atoms with Gasteiger partial charge in [0.2, 0.25) is 0 Å². The van der Waals surface area contributed by atoms with Gasteiger partial charge in [-0.3, -0.25) is 4.79 Å². The van der Waals surface area contributed by atoms with Crippen LogP contribution in [0.5, 0.6) is 0 Å². The van der Waals surface area contributed by atoms with Gasteiger partial charge in [-0.2, -0.15) is 13.2 Å². The zero-order valence-corrected chi connectivity index (χ0v) is 11.7. The Kier molecular flexibility index (Phi) is 4.39. The third-order valence-electron chi connectivity index (χ3n) is 2.51. The molecule has 0 bridgehead atoms. The minimum absolute atomic E-state index is 0.0111. The van der Waals surface area contributed by atoms with E-state index < -0.39 is 17.6 Å². The van der Waals surface area contributed by atoms with Gasteiger partial charge in [-0.05, 0) is 24.3 Å². The van der Waals surface area contributed by atoms with Gasteiger partial charge in [0.05, 0.1) is 11.3 Å². The second-order valence-electron chi connectivity index (χ2n) is 4.00. The van der Waals surface area contributed by atoms with E-state index in [1.807, 2.05) is 0 Å². The van der Waals surface area contributed by atoms with Crippen LogP contribution in [0.3, 0.4) is 0 Å². The summed E-state index contributed by atoms with van der Waals surface area (Å²) in [6.45, 7) is 0. The van der Waals surface area contributed by atoms with Crippen molar-refractivity contribution in [2.75, 3.05) is 5.32 Å². The molecule has 2 rings (SSSR count). The number of pyridine rings is 1. The molecule has 0 fully saturated rings. The fourth-order valence-electron chi connectivity index (χ4n) is 1.63. The number of hydrogen-bond acceptors (Lipinski definition) is 2. The van der Waals surface area contributed by atoms with E-state index in [1.165, 1.54) is 24.3 Å². The number of aromatic nitrogens is 1. The molecular formula is C13H7Cl2F3N2O. The van der Waals surface area contributed by atoms with Crippen LogP contribution < -0.4 is 5.32 Å². The van der Waals surface area contributed by atoms with Crippen molar-refractivity contribution in [3.63, 3.8) is 0 Å². The van der Waals surface area contributed by atoms with E-state index in [1.54, 1.807) is 0 Å². The first-order chi connectivity index (χ1) is 9.77. The van der Waals surface area contributed by atoms with Crippen LogP contribution in [0, 0.1) is 0 Å². The normalized spacial score (nSPS) is 11.3. The number of para-hydroxylation sites is 1. The first kappa shape index (κ1) is 15.6. The van der Waals surface area contributed by atoms with Crippen LogP contribution in [-0.4, -0.2) is 10.9 Å². The number of halogens is 5. The fourth-order valence-corrected chi connectivity index (χ4v) is 2.09. The summed E-state index contributed by atoms with van der Waals surface area (Å²) >= 11 is 11.3. The number of carbonyl (C=O) groups excluding carboxylic acids is 1. The fraction of sp³-hybridized carbons (Fsp3) is 0.0769. The maximum Gasteiger partial charge on any atom is 0.418 e. The summed E-state index contributed by atoms with van der Waals surface area (Å²) in [4.78, 5) is 15.6. The molecule has 21 heavy (non-hydrogen) atoms. The Labute approximate surface area is 127 Å². The second-order valence-corrected chi connectivity index (χ2v) is 4.77. The van der Waals surface area contributed by atoms with Gasteiger partial charge in [-0.25, -0.2) is 4.98 Å². The predicted octanol–water partition coefficient (Wildman–Crippen LogP) is 4.66. The van der Waals surface area contributed by atoms with Crippen LogP contribution in [0.4, 0.5) is 18.9 Å². The molecule has 1 amide bonds. The van der Waals surface area contributed by atoms with Crippen molar-refractivity contribution < 1.29 is 18.0 Å². The number of benzene rings is 1. The van der Waals surface area contributed by atoms with Crippen LogP contribution in [0.1, 0.15) is 15.9 Å². The molecule has 0 saturated heterocycles. The molecule has 1 N–H and O–H groups in total. The Morgan fingerprint density at radius 2 is 1.67 bits per heavy atom. The van der Waals surface area contributed by atoms with Gasteiger partial charge in [0, 0.05) is 5.56 Å². The minimum Gasteiger partial charge on any atom is -0.321 e. The maximum atomic E-state index is 12.8. The molecule has 0 aliphatic carbocycles. The van der Waals surface area contributed by atoms with Gasteiger partial charge in [-0.15, -0.1) is 0 Å². The Bertz CT molecular complexity index is 669. The quantitative estimate of drug-likeness (QED) is 0.811. The zero-order chi connectivity index (χ0) is 15.6. The number of nitrogens with zero attached hydrogens (tertiary/aromatic N) is 1. The standard InChI is InChI=1S/C13H7Cl2F3N2O/c14-10-5-7(6-11(15)20-10)12(21)19-9-4-2-1-3-8(9)13(16,17)18/h1-6H,(H,19,21). The van der Waals surface area contributed by atoms with Crippen molar-refractivity contribution in [3.8, 4) is 0 Å². The van der Waals surface area contributed by atoms with E-state index in [-0.39, 0.29) is 21.6 Å². The highest BCUT2D eigenvalue weighted by Crippen LogP contribution is 2.34. The topological polar surface area (TPSA) is 42.0 Å². The predicted molar refractivity (Wildman–Crippen MR) is 73.7 cm³/mol. The van der Waals surface area contributed by atoms with E-state index in [2.05, 4.69) is 10.3 Å². The molecule has 1 heterocycles. The van der Waals surface area contributed by atoms with E-state index >= 15 is 0 Å². The van der Waals surface area contributed by atoms with Gasteiger partial charge in [-0.1, -0.05) is 35.3 Å². The highest BCUT2D eigenvalue weighted by Gasteiger charge is 2.33. The molecule has 0 radical (unpaired) electrons. The number of nitrogens with one attached hydrogen (secondary N) is 1. The molecule has 0 aliphatic rings. The average molecular weight is 335 g/mol. The van der Waals surface area contributed by atoms with Crippen molar-refractivity contribution in [1.29, 1.82) is 0 Å². The summed E-state index contributed by atoms with van der Waals surface area (Å²) in [5.41, 5.74) is -1.28. The van der Waals surface area contributed by atoms with Crippen molar-refractivity contribution >= 4 is 34.8 Å². The number of anilines is 1.